The number of nitrogens with zero attached hydrogens (tertiary/aromatic N) is 2. The number of hydrogen-bond donors (Lipinski definition) is 1. The number of fused-ring (bicyclic) bond motifs is 2. The van der Waals surface area contributed by atoms with Crippen molar-refractivity contribution in [3.8, 4) is 0 Å². The minimum Gasteiger partial charge on any atom is -0.386 e. The lowest BCUT2D eigenvalue weighted by Crippen LogP contribution is -2.24. The fraction of sp³-hybridized carbons (Fsp3) is 0.278. The van der Waals surface area contributed by atoms with Crippen LogP contribution in [0.4, 0.5) is 0 Å². The maximum Gasteiger partial charge on any atom is 0.107 e. The minimum absolute atomic E-state index is 0.0623. The molecule has 1 aliphatic rings. The molecular formula is C18H18N2O. The monoisotopic (exact) mass is 278 g/mol. The van der Waals surface area contributed by atoms with Gasteiger partial charge in [-0.2, -0.15) is 0 Å². The van der Waals surface area contributed by atoms with Crippen LogP contribution in [-0.2, 0) is 6.42 Å². The van der Waals surface area contributed by atoms with Crippen LogP contribution >= 0.6 is 0 Å². The molecule has 4 rings (SSSR count). The normalized spacial score (nSPS) is 21.4. The molecule has 0 bridgehead atoms. The molecule has 3 nitrogen and oxygen atoms in total. The van der Waals surface area contributed by atoms with Crippen molar-refractivity contribution in [2.45, 2.75) is 31.9 Å². The third kappa shape index (κ3) is 1.88. The highest BCUT2D eigenvalue weighted by molar-refractivity contribution is 5.76. The van der Waals surface area contributed by atoms with Gasteiger partial charge in [0.15, 0.2) is 0 Å². The molecule has 0 radical (unpaired) electrons. The van der Waals surface area contributed by atoms with Crippen LogP contribution in [-0.4, -0.2) is 14.7 Å². The van der Waals surface area contributed by atoms with Crippen molar-refractivity contribution in [2.24, 2.45) is 0 Å². The van der Waals surface area contributed by atoms with Gasteiger partial charge in [0, 0.05) is 0 Å². The van der Waals surface area contributed by atoms with Gasteiger partial charge >= 0.3 is 0 Å². The van der Waals surface area contributed by atoms with Crippen LogP contribution in [0.1, 0.15) is 35.5 Å². The Labute approximate surface area is 123 Å². The Balaban J connectivity index is 1.85. The van der Waals surface area contributed by atoms with Crippen molar-refractivity contribution in [1.82, 2.24) is 9.55 Å². The Morgan fingerprint density at radius 1 is 1.10 bits per heavy atom. The second-order valence-electron chi connectivity index (χ2n) is 5.77. The van der Waals surface area contributed by atoms with Crippen molar-refractivity contribution >= 4 is 11.0 Å². The Morgan fingerprint density at radius 2 is 1.86 bits per heavy atom. The Kier molecular flexibility index (Phi) is 2.82. The average molecular weight is 278 g/mol. The zero-order chi connectivity index (χ0) is 14.4. The smallest absolute Gasteiger partial charge is 0.107 e. The molecule has 0 amide bonds. The first-order chi connectivity index (χ1) is 10.3. The summed E-state index contributed by atoms with van der Waals surface area (Å²) in [5, 5.41) is 10.8. The summed E-state index contributed by atoms with van der Waals surface area (Å²) >= 11 is 0. The van der Waals surface area contributed by atoms with E-state index in [-0.39, 0.29) is 6.04 Å². The molecule has 106 valence electrons. The number of aliphatic hydroxyl groups is 1. The van der Waals surface area contributed by atoms with E-state index in [9.17, 15) is 5.11 Å². The summed E-state index contributed by atoms with van der Waals surface area (Å²) in [6, 6.07) is 16.4. The number of hydrogen-bond acceptors (Lipinski definition) is 2. The molecule has 1 aliphatic carbocycles. The second kappa shape index (κ2) is 4.71. The van der Waals surface area contributed by atoms with E-state index in [0.29, 0.717) is 0 Å². The fourth-order valence-electron chi connectivity index (χ4n) is 3.57. The molecule has 0 spiro atoms. The van der Waals surface area contributed by atoms with Gasteiger partial charge in [0.2, 0.25) is 0 Å². The van der Waals surface area contributed by atoms with Crippen LogP contribution in [0, 0.1) is 6.92 Å². The average Bonchev–Trinajstić information content (AvgIpc) is 2.84. The molecule has 0 saturated carbocycles. The summed E-state index contributed by atoms with van der Waals surface area (Å²) in [4.78, 5) is 4.63. The first kappa shape index (κ1) is 12.6. The Morgan fingerprint density at radius 3 is 2.76 bits per heavy atom. The fourth-order valence-corrected chi connectivity index (χ4v) is 3.57. The summed E-state index contributed by atoms with van der Waals surface area (Å²) in [6.45, 7) is 2.02. The van der Waals surface area contributed by atoms with Gasteiger partial charge in [-0.05, 0) is 43.0 Å². The summed E-state index contributed by atoms with van der Waals surface area (Å²) in [6.07, 6.45) is 1.48. The molecule has 2 unspecified atom stereocenters. The summed E-state index contributed by atoms with van der Waals surface area (Å²) in [7, 11) is 0. The highest BCUT2D eigenvalue weighted by Gasteiger charge is 2.30. The van der Waals surface area contributed by atoms with Crippen molar-refractivity contribution in [1.29, 1.82) is 0 Å². The highest BCUT2D eigenvalue weighted by Crippen LogP contribution is 2.39. The molecule has 1 aromatic heterocycles. The third-order valence-corrected chi connectivity index (χ3v) is 4.55. The summed E-state index contributed by atoms with van der Waals surface area (Å²) < 4.78 is 2.20. The maximum absolute atomic E-state index is 10.8. The van der Waals surface area contributed by atoms with E-state index in [0.717, 1.165) is 35.3 Å². The van der Waals surface area contributed by atoms with E-state index < -0.39 is 6.10 Å². The predicted octanol–water partition coefficient (Wildman–Crippen LogP) is 3.57. The largest absolute Gasteiger partial charge is 0.386 e. The Hall–Kier alpha value is -2.13. The van der Waals surface area contributed by atoms with E-state index in [1.165, 1.54) is 5.56 Å². The second-order valence-corrected chi connectivity index (χ2v) is 5.77. The molecule has 3 aromatic rings. The molecule has 2 atom stereocenters. The van der Waals surface area contributed by atoms with Crippen LogP contribution in [0.3, 0.4) is 0 Å². The van der Waals surface area contributed by atoms with Crippen LogP contribution in [0.25, 0.3) is 11.0 Å². The van der Waals surface area contributed by atoms with Gasteiger partial charge in [0.1, 0.15) is 11.9 Å². The molecule has 2 aromatic carbocycles. The van der Waals surface area contributed by atoms with Gasteiger partial charge in [-0.1, -0.05) is 36.4 Å². The number of imidazole rings is 1. The highest BCUT2D eigenvalue weighted by atomic mass is 16.3. The molecule has 1 heterocycles. The van der Waals surface area contributed by atoms with Gasteiger partial charge in [0.05, 0.1) is 17.1 Å². The van der Waals surface area contributed by atoms with E-state index in [1.54, 1.807) is 0 Å². The zero-order valence-electron chi connectivity index (χ0n) is 12.0. The van der Waals surface area contributed by atoms with E-state index in [1.807, 2.05) is 43.3 Å². The van der Waals surface area contributed by atoms with Crippen molar-refractivity contribution in [3.63, 3.8) is 0 Å². The molecule has 0 fully saturated rings. The molecule has 1 N–H and O–H groups in total. The van der Waals surface area contributed by atoms with Crippen LogP contribution in [0.2, 0.25) is 0 Å². The van der Waals surface area contributed by atoms with E-state index in [4.69, 9.17) is 0 Å². The minimum atomic E-state index is -0.466. The predicted molar refractivity (Wildman–Crippen MR) is 83.2 cm³/mol. The van der Waals surface area contributed by atoms with Crippen LogP contribution in [0.15, 0.2) is 48.5 Å². The van der Waals surface area contributed by atoms with Gasteiger partial charge in [-0.15, -0.1) is 0 Å². The van der Waals surface area contributed by atoms with Crippen molar-refractivity contribution in [2.75, 3.05) is 0 Å². The molecule has 0 saturated heterocycles. The van der Waals surface area contributed by atoms with Crippen LogP contribution in [0.5, 0.6) is 0 Å². The first-order valence-corrected chi connectivity index (χ1v) is 7.45. The van der Waals surface area contributed by atoms with Gasteiger partial charge in [0.25, 0.3) is 0 Å². The first-order valence-electron chi connectivity index (χ1n) is 7.45. The number of aliphatic hydroxyl groups excluding tert-OH is 1. The lowest BCUT2D eigenvalue weighted by atomic mass is 9.85. The van der Waals surface area contributed by atoms with Crippen molar-refractivity contribution < 1.29 is 5.11 Å². The molecule has 0 aliphatic heterocycles. The number of aromatic nitrogens is 2. The molecular weight excluding hydrogens is 260 g/mol. The quantitative estimate of drug-likeness (QED) is 0.739. The molecule has 3 heteroatoms. The maximum atomic E-state index is 10.8. The van der Waals surface area contributed by atoms with Gasteiger partial charge in [-0.25, -0.2) is 4.98 Å². The summed E-state index contributed by atoms with van der Waals surface area (Å²) in [5.41, 5.74) is 4.44. The lowest BCUT2D eigenvalue weighted by molar-refractivity contribution is 0.0998. The lowest BCUT2D eigenvalue weighted by Gasteiger charge is -2.32. The third-order valence-electron chi connectivity index (χ3n) is 4.55. The Bertz CT molecular complexity index is 806. The van der Waals surface area contributed by atoms with Gasteiger partial charge in [-0.3, -0.25) is 0 Å². The van der Waals surface area contributed by atoms with Crippen molar-refractivity contribution in [3.05, 3.63) is 65.5 Å². The SMILES string of the molecule is Cc1nc2ccccc2n1C1CCc2ccccc2C1O. The van der Waals surface area contributed by atoms with Crippen LogP contribution < -0.4 is 0 Å². The summed E-state index contributed by atoms with van der Waals surface area (Å²) in [5.74, 6) is 0.972. The standard InChI is InChI=1S/C18H18N2O/c1-12-19-15-8-4-5-9-16(15)20(12)17-11-10-13-6-2-3-7-14(13)18(17)21/h2-9,17-18,21H,10-11H2,1H3. The number of benzene rings is 2. The zero-order valence-corrected chi connectivity index (χ0v) is 12.0. The van der Waals surface area contributed by atoms with E-state index >= 15 is 0 Å². The number of aryl methyl sites for hydroxylation is 2. The van der Waals surface area contributed by atoms with E-state index in [2.05, 4.69) is 21.7 Å². The number of rotatable bonds is 1. The topological polar surface area (TPSA) is 38.0 Å². The molecule has 21 heavy (non-hydrogen) atoms. The van der Waals surface area contributed by atoms with Gasteiger partial charge < -0.3 is 9.67 Å². The number of para-hydroxylation sites is 2.